The van der Waals surface area contributed by atoms with Gasteiger partial charge in [-0.1, -0.05) is 12.1 Å². The summed E-state index contributed by atoms with van der Waals surface area (Å²) in [6, 6.07) is 10.1. The minimum Gasteiger partial charge on any atom is -0.491 e. The Labute approximate surface area is 120 Å². The van der Waals surface area contributed by atoms with Gasteiger partial charge in [-0.05, 0) is 51.6 Å². The molecule has 1 aromatic heterocycles. The fourth-order valence-electron chi connectivity index (χ4n) is 2.13. The number of rotatable bonds is 5. The van der Waals surface area contributed by atoms with Crippen LogP contribution in [0.25, 0.3) is 0 Å². The Morgan fingerprint density at radius 3 is 2.35 bits per heavy atom. The number of nitrogens with one attached hydrogen (secondary N) is 1. The molecule has 106 valence electrons. The third-order valence-corrected chi connectivity index (χ3v) is 2.97. The average Bonchev–Trinajstić information content (AvgIpc) is 2.41. The first-order valence-electron chi connectivity index (χ1n) is 6.83. The highest BCUT2D eigenvalue weighted by Gasteiger charge is 2.13. The van der Waals surface area contributed by atoms with E-state index < -0.39 is 0 Å². The molecule has 0 fully saturated rings. The molecule has 0 spiro atoms. The van der Waals surface area contributed by atoms with Crippen LogP contribution in [-0.4, -0.2) is 23.1 Å². The van der Waals surface area contributed by atoms with Crippen molar-refractivity contribution in [3.05, 3.63) is 53.6 Å². The second-order valence-electron chi connectivity index (χ2n) is 4.99. The van der Waals surface area contributed by atoms with Crippen LogP contribution in [0, 0.1) is 6.92 Å². The highest BCUT2D eigenvalue weighted by molar-refractivity contribution is 5.33. The van der Waals surface area contributed by atoms with Gasteiger partial charge in [0.2, 0.25) is 0 Å². The molecule has 1 heterocycles. The highest BCUT2D eigenvalue weighted by Crippen LogP contribution is 2.23. The van der Waals surface area contributed by atoms with E-state index in [0.717, 1.165) is 22.8 Å². The van der Waals surface area contributed by atoms with Gasteiger partial charge in [-0.3, -0.25) is 0 Å². The van der Waals surface area contributed by atoms with E-state index in [1.54, 1.807) is 6.20 Å². The fourth-order valence-corrected chi connectivity index (χ4v) is 2.13. The molecule has 0 amide bonds. The molecular formula is C16H21N3O. The van der Waals surface area contributed by atoms with Gasteiger partial charge in [0, 0.05) is 6.20 Å². The Balaban J connectivity index is 2.23. The number of benzene rings is 1. The molecule has 1 unspecified atom stereocenters. The zero-order valence-electron chi connectivity index (χ0n) is 12.4. The largest absolute Gasteiger partial charge is 0.491 e. The van der Waals surface area contributed by atoms with Crippen molar-refractivity contribution in [1.29, 1.82) is 0 Å². The Morgan fingerprint density at radius 1 is 1.10 bits per heavy atom. The third kappa shape index (κ3) is 3.54. The van der Waals surface area contributed by atoms with E-state index in [1.165, 1.54) is 0 Å². The lowest BCUT2D eigenvalue weighted by atomic mass is 10.0. The van der Waals surface area contributed by atoms with E-state index >= 15 is 0 Å². The smallest absolute Gasteiger partial charge is 0.125 e. The number of aryl methyl sites for hydroxylation is 1. The molecule has 1 atom stereocenters. The molecule has 4 nitrogen and oxygen atoms in total. The van der Waals surface area contributed by atoms with Crippen molar-refractivity contribution in [3.8, 4) is 5.75 Å². The minimum atomic E-state index is 0.0600. The van der Waals surface area contributed by atoms with Gasteiger partial charge in [-0.15, -0.1) is 0 Å². The number of hydrogen-bond donors (Lipinski definition) is 1. The Bertz CT molecular complexity index is 552. The number of aromatic nitrogens is 2. The SMILES string of the molecule is CNC(c1ccc(OC(C)C)cc1)c1ccnc(C)n1. The Hall–Kier alpha value is -1.94. The molecule has 0 saturated heterocycles. The van der Waals surface area contributed by atoms with Crippen LogP contribution in [0.1, 0.15) is 37.0 Å². The number of nitrogens with zero attached hydrogens (tertiary/aromatic N) is 2. The van der Waals surface area contributed by atoms with Gasteiger partial charge in [0.1, 0.15) is 11.6 Å². The summed E-state index contributed by atoms with van der Waals surface area (Å²) < 4.78 is 5.66. The third-order valence-electron chi connectivity index (χ3n) is 2.97. The first-order chi connectivity index (χ1) is 9.60. The lowest BCUT2D eigenvalue weighted by molar-refractivity contribution is 0.242. The topological polar surface area (TPSA) is 47.0 Å². The van der Waals surface area contributed by atoms with Crippen molar-refractivity contribution in [2.75, 3.05) is 7.05 Å². The summed E-state index contributed by atoms with van der Waals surface area (Å²) in [4.78, 5) is 8.62. The predicted octanol–water partition coefficient (Wildman–Crippen LogP) is 2.88. The lowest BCUT2D eigenvalue weighted by Gasteiger charge is -2.17. The van der Waals surface area contributed by atoms with Crippen LogP contribution >= 0.6 is 0 Å². The second-order valence-corrected chi connectivity index (χ2v) is 4.99. The maximum absolute atomic E-state index is 5.66. The average molecular weight is 271 g/mol. The second kappa shape index (κ2) is 6.48. The molecule has 0 saturated carbocycles. The minimum absolute atomic E-state index is 0.0600. The van der Waals surface area contributed by atoms with E-state index in [1.807, 2.05) is 46.0 Å². The molecule has 0 bridgehead atoms. The molecule has 0 radical (unpaired) electrons. The Kier molecular flexibility index (Phi) is 4.69. The normalized spacial score (nSPS) is 12.4. The van der Waals surface area contributed by atoms with Crippen LogP contribution in [0.5, 0.6) is 5.75 Å². The fraction of sp³-hybridized carbons (Fsp3) is 0.375. The van der Waals surface area contributed by atoms with Crippen molar-refractivity contribution in [3.63, 3.8) is 0 Å². The van der Waals surface area contributed by atoms with Gasteiger partial charge in [0.25, 0.3) is 0 Å². The zero-order valence-corrected chi connectivity index (χ0v) is 12.4. The van der Waals surface area contributed by atoms with Gasteiger partial charge >= 0.3 is 0 Å². The highest BCUT2D eigenvalue weighted by atomic mass is 16.5. The van der Waals surface area contributed by atoms with E-state index in [4.69, 9.17) is 4.74 Å². The molecule has 2 rings (SSSR count). The number of hydrogen-bond acceptors (Lipinski definition) is 4. The first-order valence-corrected chi connectivity index (χ1v) is 6.83. The van der Waals surface area contributed by atoms with Gasteiger partial charge in [0.05, 0.1) is 17.8 Å². The summed E-state index contributed by atoms with van der Waals surface area (Å²) in [5, 5.41) is 3.29. The quantitative estimate of drug-likeness (QED) is 0.908. The zero-order chi connectivity index (χ0) is 14.5. The molecule has 4 heteroatoms. The maximum atomic E-state index is 5.66. The molecular weight excluding hydrogens is 250 g/mol. The molecule has 0 aliphatic carbocycles. The van der Waals surface area contributed by atoms with Crippen LogP contribution in [0.2, 0.25) is 0 Å². The van der Waals surface area contributed by atoms with Crippen molar-refractivity contribution < 1.29 is 4.74 Å². The lowest BCUT2D eigenvalue weighted by Crippen LogP contribution is -2.19. The van der Waals surface area contributed by atoms with Crippen LogP contribution in [0.4, 0.5) is 0 Å². The summed E-state index contributed by atoms with van der Waals surface area (Å²) in [5.41, 5.74) is 2.12. The molecule has 0 aliphatic heterocycles. The van der Waals surface area contributed by atoms with Crippen LogP contribution in [0.15, 0.2) is 36.5 Å². The van der Waals surface area contributed by atoms with Gasteiger partial charge in [0.15, 0.2) is 0 Å². The number of ether oxygens (including phenoxy) is 1. The van der Waals surface area contributed by atoms with Crippen molar-refractivity contribution in [2.24, 2.45) is 0 Å². The van der Waals surface area contributed by atoms with Gasteiger partial charge < -0.3 is 10.1 Å². The summed E-state index contributed by atoms with van der Waals surface area (Å²) in [6.45, 7) is 5.94. The van der Waals surface area contributed by atoms with Crippen LogP contribution < -0.4 is 10.1 Å². The van der Waals surface area contributed by atoms with E-state index in [0.29, 0.717) is 0 Å². The van der Waals surface area contributed by atoms with Crippen molar-refractivity contribution in [2.45, 2.75) is 32.9 Å². The molecule has 2 aromatic rings. The van der Waals surface area contributed by atoms with Crippen molar-refractivity contribution in [1.82, 2.24) is 15.3 Å². The molecule has 1 N–H and O–H groups in total. The summed E-state index contributed by atoms with van der Waals surface area (Å²) in [7, 11) is 1.93. The van der Waals surface area contributed by atoms with Gasteiger partial charge in [-0.25, -0.2) is 9.97 Å². The summed E-state index contributed by atoms with van der Waals surface area (Å²) >= 11 is 0. The Morgan fingerprint density at radius 2 is 1.80 bits per heavy atom. The molecule has 0 aliphatic rings. The standard InChI is InChI=1S/C16H21N3O/c1-11(2)20-14-7-5-13(6-8-14)16(17-4)15-9-10-18-12(3)19-15/h5-11,16-17H,1-4H3. The van der Waals surface area contributed by atoms with Crippen LogP contribution in [-0.2, 0) is 0 Å². The van der Waals surface area contributed by atoms with E-state index in [-0.39, 0.29) is 12.1 Å². The van der Waals surface area contributed by atoms with Gasteiger partial charge in [-0.2, -0.15) is 0 Å². The van der Waals surface area contributed by atoms with Crippen molar-refractivity contribution >= 4 is 0 Å². The van der Waals surface area contributed by atoms with Crippen LogP contribution in [0.3, 0.4) is 0 Å². The van der Waals surface area contributed by atoms with E-state index in [2.05, 4.69) is 27.4 Å². The monoisotopic (exact) mass is 271 g/mol. The summed E-state index contributed by atoms with van der Waals surface area (Å²) in [5.74, 6) is 1.67. The first kappa shape index (κ1) is 14.5. The molecule has 20 heavy (non-hydrogen) atoms. The molecule has 1 aromatic carbocycles. The predicted molar refractivity (Wildman–Crippen MR) is 79.9 cm³/mol. The summed E-state index contributed by atoms with van der Waals surface area (Å²) in [6.07, 6.45) is 1.98. The van der Waals surface area contributed by atoms with E-state index in [9.17, 15) is 0 Å². The maximum Gasteiger partial charge on any atom is 0.125 e.